The summed E-state index contributed by atoms with van der Waals surface area (Å²) in [5, 5.41) is 0. The Hall–Kier alpha value is -2.62. The van der Waals surface area contributed by atoms with Gasteiger partial charge in [0.15, 0.2) is 0 Å². The number of para-hydroxylation sites is 1. The number of rotatable bonds is 5. The molecule has 3 aromatic rings. The summed E-state index contributed by atoms with van der Waals surface area (Å²) in [6, 6.07) is 27.0. The van der Waals surface area contributed by atoms with E-state index in [1.165, 1.54) is 11.1 Å². The Kier molecular flexibility index (Phi) is 5.52. The van der Waals surface area contributed by atoms with Crippen LogP contribution in [0.3, 0.4) is 0 Å². The highest BCUT2D eigenvalue weighted by atomic mass is 16.5. The average molecular weight is 359 g/mol. The highest BCUT2D eigenvalue weighted by Gasteiger charge is 2.22. The molecule has 3 heteroatoms. The molecule has 1 unspecified atom stereocenters. The van der Waals surface area contributed by atoms with Gasteiger partial charge in [0, 0.05) is 19.6 Å². The first-order chi connectivity index (χ1) is 13.3. The summed E-state index contributed by atoms with van der Waals surface area (Å²) in [5.41, 5.74) is 3.68. The van der Waals surface area contributed by atoms with Crippen LogP contribution in [-0.4, -0.2) is 24.6 Å². The normalized spacial score (nSPS) is 17.6. The smallest absolute Gasteiger partial charge is 0.130 e. The van der Waals surface area contributed by atoms with Gasteiger partial charge in [0.1, 0.15) is 11.5 Å². The second-order valence-corrected chi connectivity index (χ2v) is 7.02. The molecule has 0 aromatic heterocycles. The van der Waals surface area contributed by atoms with Crippen LogP contribution in [0, 0.1) is 6.92 Å². The molecule has 1 atom stereocenters. The molecule has 0 aliphatic carbocycles. The second kappa shape index (κ2) is 8.38. The van der Waals surface area contributed by atoms with Crippen LogP contribution in [0.4, 0.5) is 0 Å². The standard InChI is InChI=1S/C24H25NO2/c1-19-7-5-6-10-23(19)27-22-13-11-21(12-14-22)24-18-25(15-16-26-24)17-20-8-3-2-4-9-20/h2-14,24H,15-18H2,1H3. The first kappa shape index (κ1) is 17.8. The van der Waals surface area contributed by atoms with Crippen LogP contribution in [0.5, 0.6) is 11.5 Å². The third-order valence-corrected chi connectivity index (χ3v) is 4.97. The van der Waals surface area contributed by atoms with Gasteiger partial charge in [-0.25, -0.2) is 0 Å². The van der Waals surface area contributed by atoms with E-state index in [9.17, 15) is 0 Å². The van der Waals surface area contributed by atoms with Gasteiger partial charge in [-0.1, -0.05) is 60.7 Å². The minimum Gasteiger partial charge on any atom is -0.457 e. The Balaban J connectivity index is 1.40. The molecule has 1 aliphatic rings. The van der Waals surface area contributed by atoms with Crippen LogP contribution in [0.25, 0.3) is 0 Å². The van der Waals surface area contributed by atoms with Crippen molar-refractivity contribution in [3.63, 3.8) is 0 Å². The van der Waals surface area contributed by atoms with E-state index in [0.29, 0.717) is 0 Å². The number of hydrogen-bond donors (Lipinski definition) is 0. The monoisotopic (exact) mass is 359 g/mol. The molecule has 0 spiro atoms. The first-order valence-electron chi connectivity index (χ1n) is 9.49. The zero-order chi connectivity index (χ0) is 18.5. The van der Waals surface area contributed by atoms with E-state index in [1.54, 1.807) is 0 Å². The Morgan fingerprint density at radius 2 is 1.67 bits per heavy atom. The van der Waals surface area contributed by atoms with E-state index >= 15 is 0 Å². The zero-order valence-corrected chi connectivity index (χ0v) is 15.7. The quantitative estimate of drug-likeness (QED) is 0.612. The lowest BCUT2D eigenvalue weighted by molar-refractivity contribution is -0.0329. The van der Waals surface area contributed by atoms with E-state index < -0.39 is 0 Å². The fourth-order valence-electron chi connectivity index (χ4n) is 3.44. The first-order valence-corrected chi connectivity index (χ1v) is 9.49. The van der Waals surface area contributed by atoms with Crippen molar-refractivity contribution < 1.29 is 9.47 Å². The van der Waals surface area contributed by atoms with Crippen molar-refractivity contribution in [1.29, 1.82) is 0 Å². The summed E-state index contributed by atoms with van der Waals surface area (Å²) in [6.45, 7) is 5.67. The third-order valence-electron chi connectivity index (χ3n) is 4.97. The summed E-state index contributed by atoms with van der Waals surface area (Å²) < 4.78 is 12.0. The molecule has 1 heterocycles. The van der Waals surface area contributed by atoms with Crippen molar-refractivity contribution in [2.45, 2.75) is 19.6 Å². The van der Waals surface area contributed by atoms with E-state index in [-0.39, 0.29) is 6.10 Å². The van der Waals surface area contributed by atoms with E-state index in [1.807, 2.05) is 30.3 Å². The number of morpholine rings is 1. The average Bonchev–Trinajstić information content (AvgIpc) is 2.71. The van der Waals surface area contributed by atoms with Crippen molar-refractivity contribution >= 4 is 0 Å². The fraction of sp³-hybridized carbons (Fsp3) is 0.250. The molecular weight excluding hydrogens is 334 g/mol. The number of benzene rings is 3. The van der Waals surface area contributed by atoms with Crippen molar-refractivity contribution in [3.05, 3.63) is 95.6 Å². The SMILES string of the molecule is Cc1ccccc1Oc1ccc(C2CN(Cc3ccccc3)CCO2)cc1. The number of aryl methyl sites for hydroxylation is 1. The molecule has 27 heavy (non-hydrogen) atoms. The van der Waals surface area contributed by atoms with Gasteiger partial charge in [-0.2, -0.15) is 0 Å². The van der Waals surface area contributed by atoms with Crippen LogP contribution in [-0.2, 0) is 11.3 Å². The highest BCUT2D eigenvalue weighted by molar-refractivity contribution is 5.38. The fourth-order valence-corrected chi connectivity index (χ4v) is 3.44. The van der Waals surface area contributed by atoms with Crippen LogP contribution in [0.1, 0.15) is 22.8 Å². The van der Waals surface area contributed by atoms with Gasteiger partial charge in [-0.15, -0.1) is 0 Å². The lowest BCUT2D eigenvalue weighted by Crippen LogP contribution is -2.37. The minimum absolute atomic E-state index is 0.106. The molecule has 0 N–H and O–H groups in total. The molecule has 0 saturated carbocycles. The molecule has 138 valence electrons. The van der Waals surface area contributed by atoms with E-state index in [2.05, 4.69) is 60.4 Å². The predicted octanol–water partition coefficient (Wildman–Crippen LogP) is 5.36. The maximum Gasteiger partial charge on any atom is 0.130 e. The van der Waals surface area contributed by atoms with Crippen molar-refractivity contribution in [3.8, 4) is 11.5 Å². The van der Waals surface area contributed by atoms with Gasteiger partial charge in [-0.3, -0.25) is 4.90 Å². The maximum atomic E-state index is 6.03. The van der Waals surface area contributed by atoms with Gasteiger partial charge < -0.3 is 9.47 Å². The minimum atomic E-state index is 0.106. The second-order valence-electron chi connectivity index (χ2n) is 7.02. The molecule has 0 bridgehead atoms. The molecule has 1 fully saturated rings. The Morgan fingerprint density at radius 3 is 2.44 bits per heavy atom. The summed E-state index contributed by atoms with van der Waals surface area (Å²) in [6.07, 6.45) is 0.106. The topological polar surface area (TPSA) is 21.7 Å². The number of nitrogens with zero attached hydrogens (tertiary/aromatic N) is 1. The van der Waals surface area contributed by atoms with E-state index in [4.69, 9.17) is 9.47 Å². The van der Waals surface area contributed by atoms with Crippen molar-refractivity contribution in [2.75, 3.05) is 19.7 Å². The summed E-state index contributed by atoms with van der Waals surface area (Å²) >= 11 is 0. The predicted molar refractivity (Wildman–Crippen MR) is 108 cm³/mol. The molecule has 0 amide bonds. The number of ether oxygens (including phenoxy) is 2. The Morgan fingerprint density at radius 1 is 0.926 bits per heavy atom. The highest BCUT2D eigenvalue weighted by Crippen LogP contribution is 2.28. The zero-order valence-electron chi connectivity index (χ0n) is 15.7. The lowest BCUT2D eigenvalue weighted by atomic mass is 10.1. The van der Waals surface area contributed by atoms with Gasteiger partial charge in [0.05, 0.1) is 12.7 Å². The van der Waals surface area contributed by atoms with Gasteiger partial charge in [0.2, 0.25) is 0 Å². The molecule has 3 nitrogen and oxygen atoms in total. The third kappa shape index (κ3) is 4.57. The summed E-state index contributed by atoms with van der Waals surface area (Å²) in [5.74, 6) is 1.75. The molecule has 4 rings (SSSR count). The Labute approximate surface area is 161 Å². The largest absolute Gasteiger partial charge is 0.457 e. The molecule has 1 saturated heterocycles. The van der Waals surface area contributed by atoms with Crippen LogP contribution in [0.15, 0.2) is 78.9 Å². The molecule has 1 aliphatic heterocycles. The maximum absolute atomic E-state index is 6.03. The molecular formula is C24H25NO2. The van der Waals surface area contributed by atoms with Crippen LogP contribution < -0.4 is 4.74 Å². The van der Waals surface area contributed by atoms with E-state index in [0.717, 1.165) is 43.3 Å². The summed E-state index contributed by atoms with van der Waals surface area (Å²) in [4.78, 5) is 2.46. The lowest BCUT2D eigenvalue weighted by Gasteiger charge is -2.33. The molecule has 0 radical (unpaired) electrons. The number of hydrogen-bond acceptors (Lipinski definition) is 3. The van der Waals surface area contributed by atoms with Gasteiger partial charge in [-0.05, 0) is 41.8 Å². The van der Waals surface area contributed by atoms with Crippen LogP contribution >= 0.6 is 0 Å². The summed E-state index contributed by atoms with van der Waals surface area (Å²) in [7, 11) is 0. The van der Waals surface area contributed by atoms with Crippen molar-refractivity contribution in [1.82, 2.24) is 4.90 Å². The Bertz CT molecular complexity index is 861. The van der Waals surface area contributed by atoms with Crippen molar-refractivity contribution in [2.24, 2.45) is 0 Å². The molecule has 3 aromatic carbocycles. The van der Waals surface area contributed by atoms with Gasteiger partial charge >= 0.3 is 0 Å². The van der Waals surface area contributed by atoms with Crippen LogP contribution in [0.2, 0.25) is 0 Å². The van der Waals surface area contributed by atoms with Gasteiger partial charge in [0.25, 0.3) is 0 Å².